The molecule has 0 atom stereocenters. The molecule has 0 spiro atoms. The molecule has 1 fully saturated rings. The first-order valence-corrected chi connectivity index (χ1v) is 13.7. The van der Waals surface area contributed by atoms with Gasteiger partial charge >= 0.3 is 0 Å². The molecule has 3 amide bonds. The number of rotatable bonds is 10. The molecule has 3 aromatic rings. The number of aryl methyl sites for hydroxylation is 1. The summed E-state index contributed by atoms with van der Waals surface area (Å²) in [6, 6.07) is 17.6. The maximum atomic E-state index is 12.9. The number of hydrogen-bond donors (Lipinski definition) is 1. The third-order valence-electron chi connectivity index (χ3n) is 5.49. The maximum absolute atomic E-state index is 12.9. The average Bonchev–Trinajstić information content (AvgIpc) is 3.17. The highest BCUT2D eigenvalue weighted by atomic mass is 79.9. The third-order valence-corrected chi connectivity index (χ3v) is 7.63. The lowest BCUT2D eigenvalue weighted by Crippen LogP contribution is -2.32. The Hall–Kier alpha value is -3.47. The number of imide groups is 1. The van der Waals surface area contributed by atoms with Crippen molar-refractivity contribution >= 4 is 68.1 Å². The van der Waals surface area contributed by atoms with Gasteiger partial charge in [-0.3, -0.25) is 19.3 Å². The van der Waals surface area contributed by atoms with E-state index in [-0.39, 0.29) is 36.8 Å². The monoisotopic (exact) mass is 630 g/mol. The third kappa shape index (κ3) is 7.56. The van der Waals surface area contributed by atoms with Gasteiger partial charge in [0.25, 0.3) is 17.1 Å². The predicted molar refractivity (Wildman–Crippen MR) is 156 cm³/mol. The number of benzene rings is 3. The highest BCUT2D eigenvalue weighted by molar-refractivity contribution is 9.10. The summed E-state index contributed by atoms with van der Waals surface area (Å²) in [6.07, 6.45) is 1.61. The van der Waals surface area contributed by atoms with Gasteiger partial charge in [0.1, 0.15) is 12.4 Å². The summed E-state index contributed by atoms with van der Waals surface area (Å²) < 4.78 is 17.5. The molecule has 0 saturated carbocycles. The largest absolute Gasteiger partial charge is 0.493 e. The Morgan fingerprint density at radius 2 is 1.90 bits per heavy atom. The smallest absolute Gasteiger partial charge is 0.293 e. The lowest BCUT2D eigenvalue weighted by molar-refractivity contribution is -0.123. The van der Waals surface area contributed by atoms with Crippen LogP contribution in [0.15, 0.2) is 70.0 Å². The van der Waals surface area contributed by atoms with Gasteiger partial charge in [-0.2, -0.15) is 0 Å². The van der Waals surface area contributed by atoms with E-state index >= 15 is 0 Å². The van der Waals surface area contributed by atoms with Gasteiger partial charge in [0.15, 0.2) is 18.1 Å². The Bertz CT molecular complexity index is 1450. The van der Waals surface area contributed by atoms with Crippen molar-refractivity contribution in [3.63, 3.8) is 0 Å². The topological polar surface area (TPSA) is 94.2 Å². The van der Waals surface area contributed by atoms with Crippen molar-refractivity contribution in [1.82, 2.24) is 4.90 Å². The molecule has 1 saturated heterocycles. The summed E-state index contributed by atoms with van der Waals surface area (Å²) >= 11 is 10.2. The van der Waals surface area contributed by atoms with Crippen LogP contribution >= 0.6 is 39.3 Å². The molecule has 0 unspecified atom stereocenters. The van der Waals surface area contributed by atoms with Gasteiger partial charge in [-0.15, -0.1) is 0 Å². The van der Waals surface area contributed by atoms with Crippen LogP contribution in [-0.2, 0) is 9.59 Å². The Balaban J connectivity index is 1.35. The lowest BCUT2D eigenvalue weighted by Gasteiger charge is -2.13. The summed E-state index contributed by atoms with van der Waals surface area (Å²) in [5.74, 6) is 0.637. The number of nitrogens with zero attached hydrogens (tertiary/aromatic N) is 1. The molecule has 0 bridgehead atoms. The maximum Gasteiger partial charge on any atom is 0.293 e. The summed E-state index contributed by atoms with van der Waals surface area (Å²) in [6.45, 7) is 2.03. The fraction of sp³-hybridized carbons (Fsp3) is 0.179. The highest BCUT2D eigenvalue weighted by Gasteiger charge is 2.34. The lowest BCUT2D eigenvalue weighted by atomic mass is 10.2. The number of carbonyl (C=O) groups is 3. The zero-order valence-electron chi connectivity index (χ0n) is 21.0. The molecule has 3 aromatic carbocycles. The second-order valence-corrected chi connectivity index (χ2v) is 10.6. The molecule has 1 heterocycles. The number of nitrogens with one attached hydrogen (secondary N) is 1. The van der Waals surface area contributed by atoms with Crippen molar-refractivity contribution in [3.8, 4) is 17.2 Å². The first-order valence-electron chi connectivity index (χ1n) is 11.7. The number of thioether (sulfide) groups is 1. The molecular formula is C28H24BrClN2O6S. The normalized spacial score (nSPS) is 14.1. The van der Waals surface area contributed by atoms with E-state index in [0.29, 0.717) is 38.4 Å². The van der Waals surface area contributed by atoms with Crippen LogP contribution in [0.4, 0.5) is 10.5 Å². The summed E-state index contributed by atoms with van der Waals surface area (Å²) in [4.78, 5) is 39.1. The Morgan fingerprint density at radius 3 is 2.64 bits per heavy atom. The van der Waals surface area contributed by atoms with E-state index in [1.165, 1.54) is 7.11 Å². The van der Waals surface area contributed by atoms with Crippen molar-refractivity contribution < 1.29 is 28.6 Å². The zero-order chi connectivity index (χ0) is 27.9. The fourth-order valence-corrected chi connectivity index (χ4v) is 4.90. The molecule has 0 aliphatic carbocycles. The molecule has 11 heteroatoms. The van der Waals surface area contributed by atoms with Crippen molar-refractivity contribution in [2.24, 2.45) is 0 Å². The summed E-state index contributed by atoms with van der Waals surface area (Å²) in [5, 5.41) is 2.83. The SMILES string of the molecule is COc1cc(/C=C2\SC(=O)N(CCOc3cccc(C)c3)C2=O)ccc1OCC(=O)Nc1ccc(Br)c(Cl)c1. The van der Waals surface area contributed by atoms with Gasteiger partial charge in [-0.05, 0) is 94.3 Å². The second-order valence-electron chi connectivity index (χ2n) is 8.37. The predicted octanol–water partition coefficient (Wildman–Crippen LogP) is 6.55. The summed E-state index contributed by atoms with van der Waals surface area (Å²) in [5.41, 5.74) is 2.23. The van der Waals surface area contributed by atoms with E-state index in [4.69, 9.17) is 25.8 Å². The fourth-order valence-electron chi connectivity index (χ4n) is 3.61. The number of ether oxygens (including phenoxy) is 3. The van der Waals surface area contributed by atoms with Crippen LogP contribution < -0.4 is 19.5 Å². The summed E-state index contributed by atoms with van der Waals surface area (Å²) in [7, 11) is 1.47. The molecule has 4 rings (SSSR count). The quantitative estimate of drug-likeness (QED) is 0.254. The van der Waals surface area contributed by atoms with Crippen molar-refractivity contribution in [2.45, 2.75) is 6.92 Å². The number of amides is 3. The van der Waals surface area contributed by atoms with Gasteiger partial charge in [-0.25, -0.2) is 0 Å². The molecule has 1 N–H and O–H groups in total. The van der Waals surface area contributed by atoms with Crippen LogP contribution in [0.1, 0.15) is 11.1 Å². The van der Waals surface area contributed by atoms with Crippen molar-refractivity contribution in [3.05, 3.63) is 86.2 Å². The highest BCUT2D eigenvalue weighted by Crippen LogP contribution is 2.34. The number of halogens is 2. The molecular weight excluding hydrogens is 608 g/mol. The second kappa shape index (κ2) is 13.1. The minimum atomic E-state index is -0.387. The number of anilines is 1. The molecule has 202 valence electrons. The van der Waals surface area contributed by atoms with Gasteiger partial charge in [-0.1, -0.05) is 29.8 Å². The average molecular weight is 632 g/mol. The zero-order valence-corrected chi connectivity index (χ0v) is 24.2. The molecule has 1 aliphatic rings. The van der Waals surface area contributed by atoms with Crippen molar-refractivity contribution in [2.75, 3.05) is 32.2 Å². The number of carbonyl (C=O) groups excluding carboxylic acids is 3. The van der Waals surface area contributed by atoms with Gasteiger partial charge in [0, 0.05) is 10.2 Å². The molecule has 0 aromatic heterocycles. The Morgan fingerprint density at radius 1 is 1.08 bits per heavy atom. The van der Waals surface area contributed by atoms with E-state index in [9.17, 15) is 14.4 Å². The van der Waals surface area contributed by atoms with Crippen LogP contribution in [-0.4, -0.2) is 48.8 Å². The van der Waals surface area contributed by atoms with E-state index in [2.05, 4.69) is 21.2 Å². The first-order chi connectivity index (χ1) is 18.7. The van der Waals surface area contributed by atoms with Gasteiger partial charge in [0.05, 0.1) is 23.6 Å². The molecule has 8 nitrogen and oxygen atoms in total. The van der Waals surface area contributed by atoms with Crippen LogP contribution in [0.2, 0.25) is 5.02 Å². The molecule has 39 heavy (non-hydrogen) atoms. The van der Waals surface area contributed by atoms with Crippen LogP contribution in [0.25, 0.3) is 6.08 Å². The van der Waals surface area contributed by atoms with Crippen molar-refractivity contribution in [1.29, 1.82) is 0 Å². The van der Waals surface area contributed by atoms with Crippen LogP contribution in [0.3, 0.4) is 0 Å². The Kier molecular flexibility index (Phi) is 9.55. The van der Waals surface area contributed by atoms with Gasteiger partial charge in [0.2, 0.25) is 0 Å². The molecule has 1 aliphatic heterocycles. The van der Waals surface area contributed by atoms with Gasteiger partial charge < -0.3 is 19.5 Å². The van der Waals surface area contributed by atoms with E-state index < -0.39 is 0 Å². The Labute approximate surface area is 243 Å². The minimum Gasteiger partial charge on any atom is -0.493 e. The standard InChI is InChI=1S/C28H24BrClN2O6S/c1-17-4-3-5-20(12-17)37-11-10-32-27(34)25(39-28(32)35)14-18-6-9-23(24(13-18)36-2)38-16-26(33)31-19-7-8-21(29)22(30)15-19/h3-9,12-15H,10-11,16H2,1-2H3,(H,31,33)/b25-14-. The number of methoxy groups -OCH3 is 1. The first kappa shape index (κ1) is 28.5. The number of hydrogen-bond acceptors (Lipinski definition) is 7. The van der Waals surface area contributed by atoms with E-state index in [0.717, 1.165) is 26.7 Å². The molecule has 0 radical (unpaired) electrons. The van der Waals surface area contributed by atoms with E-state index in [1.54, 1.807) is 42.5 Å². The minimum absolute atomic E-state index is 0.139. The van der Waals surface area contributed by atoms with Crippen LogP contribution in [0, 0.1) is 6.92 Å². The van der Waals surface area contributed by atoms with E-state index in [1.807, 2.05) is 31.2 Å². The van der Waals surface area contributed by atoms with Crippen LogP contribution in [0.5, 0.6) is 17.2 Å².